The highest BCUT2D eigenvalue weighted by atomic mass is 16.6. The van der Waals surface area contributed by atoms with Crippen LogP contribution in [0.4, 0.5) is 11.4 Å². The monoisotopic (exact) mass is 331 g/mol. The quantitative estimate of drug-likeness (QED) is 0.351. The lowest BCUT2D eigenvalue weighted by Crippen LogP contribution is -2.01. The fraction of sp³-hybridized carbons (Fsp3) is 0. The van der Waals surface area contributed by atoms with Crippen molar-refractivity contribution in [3.8, 4) is 17.1 Å². The first-order valence-corrected chi connectivity index (χ1v) is 7.57. The van der Waals surface area contributed by atoms with E-state index in [4.69, 9.17) is 5.73 Å². The lowest BCUT2D eigenvalue weighted by Gasteiger charge is -2.10. The molecule has 122 valence electrons. The van der Waals surface area contributed by atoms with Crippen molar-refractivity contribution in [3.05, 3.63) is 77.2 Å². The van der Waals surface area contributed by atoms with E-state index in [0.717, 1.165) is 16.5 Å². The number of para-hydroxylation sites is 1. The number of nitrogens with zero attached hydrogens (tertiary/aromatic N) is 4. The third-order valence-electron chi connectivity index (χ3n) is 4.02. The molecule has 0 bridgehead atoms. The predicted molar refractivity (Wildman–Crippen MR) is 95.4 cm³/mol. The van der Waals surface area contributed by atoms with Crippen molar-refractivity contribution in [1.29, 1.82) is 0 Å². The number of hydrogen-bond donors (Lipinski definition) is 1. The van der Waals surface area contributed by atoms with Crippen molar-refractivity contribution < 1.29 is 4.92 Å². The fourth-order valence-electron chi connectivity index (χ4n) is 2.86. The zero-order valence-corrected chi connectivity index (χ0v) is 13.0. The lowest BCUT2D eigenvalue weighted by molar-refractivity contribution is -0.383. The fourth-order valence-corrected chi connectivity index (χ4v) is 2.86. The molecule has 2 aromatic heterocycles. The molecule has 2 aromatic carbocycles. The number of nitro benzene ring substituents is 1. The Morgan fingerprint density at radius 2 is 1.88 bits per heavy atom. The number of nitrogens with two attached hydrogens (primary N) is 1. The average Bonchev–Trinajstić information content (AvgIpc) is 3.10. The van der Waals surface area contributed by atoms with Crippen LogP contribution in [0.1, 0.15) is 0 Å². The van der Waals surface area contributed by atoms with E-state index in [0.29, 0.717) is 11.5 Å². The first kappa shape index (κ1) is 14.8. The molecule has 4 aromatic rings. The Morgan fingerprint density at radius 3 is 2.68 bits per heavy atom. The molecule has 25 heavy (non-hydrogen) atoms. The first-order chi connectivity index (χ1) is 12.1. The highest BCUT2D eigenvalue weighted by molar-refractivity contribution is 5.92. The highest BCUT2D eigenvalue weighted by Gasteiger charge is 2.15. The van der Waals surface area contributed by atoms with Gasteiger partial charge in [0.25, 0.3) is 5.69 Å². The summed E-state index contributed by atoms with van der Waals surface area (Å²) in [6.07, 6.45) is 5.22. The summed E-state index contributed by atoms with van der Waals surface area (Å²) in [7, 11) is 0. The second-order valence-electron chi connectivity index (χ2n) is 5.50. The van der Waals surface area contributed by atoms with E-state index in [1.54, 1.807) is 30.7 Å². The van der Waals surface area contributed by atoms with Gasteiger partial charge >= 0.3 is 0 Å². The molecular weight excluding hydrogens is 318 g/mol. The summed E-state index contributed by atoms with van der Waals surface area (Å²) in [4.78, 5) is 19.3. The van der Waals surface area contributed by atoms with Crippen molar-refractivity contribution in [1.82, 2.24) is 14.5 Å². The number of nitrogen functional groups attached to an aromatic ring is 1. The van der Waals surface area contributed by atoms with E-state index < -0.39 is 4.92 Å². The maximum atomic E-state index is 11.0. The van der Waals surface area contributed by atoms with Crippen LogP contribution in [0, 0.1) is 10.1 Å². The van der Waals surface area contributed by atoms with Crippen LogP contribution in [-0.2, 0) is 0 Å². The van der Waals surface area contributed by atoms with Gasteiger partial charge in [-0.3, -0.25) is 19.7 Å². The Morgan fingerprint density at radius 1 is 1.04 bits per heavy atom. The second-order valence-corrected chi connectivity index (χ2v) is 5.50. The Labute approximate surface area is 142 Å². The van der Waals surface area contributed by atoms with Gasteiger partial charge < -0.3 is 5.73 Å². The third-order valence-corrected chi connectivity index (χ3v) is 4.02. The molecule has 2 N–H and O–H groups in total. The van der Waals surface area contributed by atoms with Crippen molar-refractivity contribution >= 4 is 22.3 Å². The summed E-state index contributed by atoms with van der Waals surface area (Å²) in [6.45, 7) is 0. The van der Waals surface area contributed by atoms with Gasteiger partial charge in [-0.2, -0.15) is 0 Å². The summed E-state index contributed by atoms with van der Waals surface area (Å²) in [6, 6.07) is 14.3. The predicted octanol–water partition coefficient (Wildman–Crippen LogP) is 3.58. The van der Waals surface area contributed by atoms with Crippen molar-refractivity contribution in [2.24, 2.45) is 0 Å². The standard InChI is InChI=1S/C18H13N5O2/c19-15-11-12(5-6-17(15)23(24)25)22-10-9-21-18(22)14-7-8-20-16-4-2-1-3-13(14)16/h1-11H,19H2. The van der Waals surface area contributed by atoms with Crippen molar-refractivity contribution in [2.75, 3.05) is 5.73 Å². The van der Waals surface area contributed by atoms with E-state index in [9.17, 15) is 10.1 Å². The molecule has 0 atom stereocenters. The molecule has 4 rings (SSSR count). The molecule has 0 saturated heterocycles. The minimum atomic E-state index is -0.496. The summed E-state index contributed by atoms with van der Waals surface area (Å²) < 4.78 is 1.85. The van der Waals surface area contributed by atoms with E-state index in [-0.39, 0.29) is 11.4 Å². The Bertz CT molecular complexity index is 1100. The molecule has 0 unspecified atom stereocenters. The molecule has 0 aliphatic rings. The van der Waals surface area contributed by atoms with Crippen LogP contribution in [-0.4, -0.2) is 19.5 Å². The number of aromatic nitrogens is 3. The van der Waals surface area contributed by atoms with Gasteiger partial charge in [0.2, 0.25) is 0 Å². The second kappa shape index (κ2) is 5.72. The Balaban J connectivity index is 1.89. The highest BCUT2D eigenvalue weighted by Crippen LogP contribution is 2.30. The zero-order valence-electron chi connectivity index (χ0n) is 13.0. The molecule has 2 heterocycles. The van der Waals surface area contributed by atoms with Crippen LogP contribution in [0.2, 0.25) is 0 Å². The van der Waals surface area contributed by atoms with Gasteiger partial charge in [0.1, 0.15) is 11.5 Å². The van der Waals surface area contributed by atoms with Gasteiger partial charge in [0.15, 0.2) is 0 Å². The first-order valence-electron chi connectivity index (χ1n) is 7.57. The molecule has 7 nitrogen and oxygen atoms in total. The number of pyridine rings is 1. The van der Waals surface area contributed by atoms with Crippen LogP contribution in [0.3, 0.4) is 0 Å². The minimum Gasteiger partial charge on any atom is -0.393 e. The lowest BCUT2D eigenvalue weighted by atomic mass is 10.1. The van der Waals surface area contributed by atoms with Gasteiger partial charge in [0.05, 0.1) is 10.4 Å². The molecule has 0 radical (unpaired) electrons. The van der Waals surface area contributed by atoms with Crippen molar-refractivity contribution in [3.63, 3.8) is 0 Å². The van der Waals surface area contributed by atoms with Crippen LogP contribution in [0.5, 0.6) is 0 Å². The van der Waals surface area contributed by atoms with Gasteiger partial charge in [-0.15, -0.1) is 0 Å². The number of imidazole rings is 1. The normalized spacial score (nSPS) is 10.9. The summed E-state index contributed by atoms with van der Waals surface area (Å²) >= 11 is 0. The van der Waals surface area contributed by atoms with Gasteiger partial charge in [-0.1, -0.05) is 18.2 Å². The number of anilines is 1. The average molecular weight is 331 g/mol. The molecule has 0 spiro atoms. The van der Waals surface area contributed by atoms with Crippen LogP contribution < -0.4 is 5.73 Å². The number of fused-ring (bicyclic) bond motifs is 1. The SMILES string of the molecule is Nc1cc(-n2ccnc2-c2ccnc3ccccc23)ccc1[N+](=O)[O-]. The zero-order chi connectivity index (χ0) is 17.4. The van der Waals surface area contributed by atoms with Gasteiger partial charge in [0, 0.05) is 41.3 Å². The maximum Gasteiger partial charge on any atom is 0.292 e. The van der Waals surface area contributed by atoms with Gasteiger partial charge in [-0.25, -0.2) is 4.98 Å². The smallest absolute Gasteiger partial charge is 0.292 e. The Hall–Kier alpha value is -3.74. The molecule has 0 fully saturated rings. The maximum absolute atomic E-state index is 11.0. The Kier molecular flexibility index (Phi) is 3.39. The minimum absolute atomic E-state index is 0.111. The molecule has 0 aliphatic carbocycles. The topological polar surface area (TPSA) is 99.9 Å². The summed E-state index contributed by atoms with van der Waals surface area (Å²) in [5, 5.41) is 11.9. The van der Waals surface area contributed by atoms with E-state index in [2.05, 4.69) is 9.97 Å². The number of benzene rings is 2. The molecule has 0 aliphatic heterocycles. The molecule has 0 saturated carbocycles. The van der Waals surface area contributed by atoms with E-state index in [1.807, 2.05) is 34.9 Å². The van der Waals surface area contributed by atoms with Crippen molar-refractivity contribution in [2.45, 2.75) is 0 Å². The van der Waals surface area contributed by atoms with E-state index >= 15 is 0 Å². The van der Waals surface area contributed by atoms with E-state index in [1.165, 1.54) is 6.07 Å². The molecule has 0 amide bonds. The number of rotatable bonds is 3. The van der Waals surface area contributed by atoms with Crippen LogP contribution in [0.15, 0.2) is 67.1 Å². The number of hydrogen-bond acceptors (Lipinski definition) is 5. The molecule has 7 heteroatoms. The third kappa shape index (κ3) is 2.47. The van der Waals surface area contributed by atoms with Gasteiger partial charge in [-0.05, 0) is 24.3 Å². The number of nitro groups is 1. The largest absolute Gasteiger partial charge is 0.393 e. The summed E-state index contributed by atoms with van der Waals surface area (Å²) in [5.41, 5.74) is 8.33. The van der Waals surface area contributed by atoms with Crippen LogP contribution >= 0.6 is 0 Å². The summed E-state index contributed by atoms with van der Waals surface area (Å²) in [5.74, 6) is 0.715. The van der Waals surface area contributed by atoms with Crippen LogP contribution in [0.25, 0.3) is 28.0 Å². The molecular formula is C18H13N5O2.